The lowest BCUT2D eigenvalue weighted by atomic mass is 9.95. The lowest BCUT2D eigenvalue weighted by molar-refractivity contribution is 0.0696. The number of carbonyl (C=O) groups is 1. The summed E-state index contributed by atoms with van der Waals surface area (Å²) in [6, 6.07) is 6.40. The molecule has 16 heavy (non-hydrogen) atoms. The lowest BCUT2D eigenvalue weighted by Gasteiger charge is -2.17. The molecule has 1 N–H and O–H groups in total. The molecule has 1 unspecified atom stereocenters. The Morgan fingerprint density at radius 2 is 2.38 bits per heavy atom. The van der Waals surface area contributed by atoms with Gasteiger partial charge < -0.3 is 9.84 Å². The van der Waals surface area contributed by atoms with E-state index < -0.39 is 11.6 Å². The Morgan fingerprint density at radius 3 is 3.00 bits per heavy atom. The van der Waals surface area contributed by atoms with Gasteiger partial charge in [0.1, 0.15) is 5.67 Å². The Bertz CT molecular complexity index is 397. The third-order valence-electron chi connectivity index (χ3n) is 2.75. The van der Waals surface area contributed by atoms with Crippen LogP contribution in [0.2, 0.25) is 0 Å². The van der Waals surface area contributed by atoms with E-state index >= 15 is 0 Å². The SMILES string of the molecule is O=C(O)c1cccc(CC2(F)CCOC2)c1. The predicted octanol–water partition coefficient (Wildman–Crippen LogP) is 2.06. The van der Waals surface area contributed by atoms with Gasteiger partial charge in [0.15, 0.2) is 0 Å². The zero-order valence-electron chi connectivity index (χ0n) is 8.78. The van der Waals surface area contributed by atoms with Crippen LogP contribution in [0.15, 0.2) is 24.3 Å². The zero-order chi connectivity index (χ0) is 11.6. The largest absolute Gasteiger partial charge is 0.478 e. The Labute approximate surface area is 92.9 Å². The Balaban J connectivity index is 2.15. The van der Waals surface area contributed by atoms with Crippen molar-refractivity contribution in [2.75, 3.05) is 13.2 Å². The van der Waals surface area contributed by atoms with Crippen molar-refractivity contribution in [2.45, 2.75) is 18.5 Å². The topological polar surface area (TPSA) is 46.5 Å². The molecule has 86 valence electrons. The van der Waals surface area contributed by atoms with E-state index in [-0.39, 0.29) is 18.6 Å². The highest BCUT2D eigenvalue weighted by molar-refractivity contribution is 5.87. The molecule has 1 aliphatic heterocycles. The van der Waals surface area contributed by atoms with Gasteiger partial charge in [0.2, 0.25) is 0 Å². The molecule has 1 aliphatic rings. The number of rotatable bonds is 3. The van der Waals surface area contributed by atoms with E-state index in [1.165, 1.54) is 12.1 Å². The van der Waals surface area contributed by atoms with Gasteiger partial charge in [0.05, 0.1) is 12.2 Å². The maximum atomic E-state index is 14.1. The summed E-state index contributed by atoms with van der Waals surface area (Å²) in [5.74, 6) is -0.988. The molecule has 0 spiro atoms. The second kappa shape index (κ2) is 4.22. The quantitative estimate of drug-likeness (QED) is 0.854. The van der Waals surface area contributed by atoms with Crippen LogP contribution >= 0.6 is 0 Å². The summed E-state index contributed by atoms with van der Waals surface area (Å²) in [6.45, 7) is 0.541. The standard InChI is InChI=1S/C12H13FO3/c13-12(4-5-16-8-12)7-9-2-1-3-10(6-9)11(14)15/h1-3,6H,4-5,7-8H2,(H,14,15). The van der Waals surface area contributed by atoms with Crippen molar-refractivity contribution in [1.82, 2.24) is 0 Å². The predicted molar refractivity (Wildman–Crippen MR) is 56.4 cm³/mol. The molecule has 1 aromatic carbocycles. The van der Waals surface area contributed by atoms with E-state index in [0.29, 0.717) is 18.6 Å². The van der Waals surface area contributed by atoms with Gasteiger partial charge in [-0.1, -0.05) is 12.1 Å². The molecule has 4 heteroatoms. The number of ether oxygens (including phenoxy) is 1. The minimum atomic E-state index is -1.34. The summed E-state index contributed by atoms with van der Waals surface area (Å²) < 4.78 is 19.1. The van der Waals surface area contributed by atoms with Gasteiger partial charge in [-0.25, -0.2) is 9.18 Å². The molecule has 0 saturated carbocycles. The van der Waals surface area contributed by atoms with E-state index in [0.717, 1.165) is 0 Å². The molecule has 1 aromatic rings. The van der Waals surface area contributed by atoms with Crippen LogP contribution < -0.4 is 0 Å². The minimum Gasteiger partial charge on any atom is -0.478 e. The number of carboxylic acids is 1. The van der Waals surface area contributed by atoms with E-state index in [2.05, 4.69) is 0 Å². The third kappa shape index (κ3) is 2.39. The highest BCUT2D eigenvalue weighted by Crippen LogP contribution is 2.27. The van der Waals surface area contributed by atoms with Crippen LogP contribution in [0, 0.1) is 0 Å². The van der Waals surface area contributed by atoms with Gasteiger partial charge in [0, 0.05) is 19.4 Å². The van der Waals surface area contributed by atoms with Gasteiger partial charge in [-0.15, -0.1) is 0 Å². The van der Waals surface area contributed by atoms with Gasteiger partial charge in [0.25, 0.3) is 0 Å². The van der Waals surface area contributed by atoms with E-state index in [9.17, 15) is 9.18 Å². The Hall–Kier alpha value is -1.42. The fourth-order valence-corrected chi connectivity index (χ4v) is 1.90. The molecule has 1 saturated heterocycles. The molecular formula is C12H13FO3. The first kappa shape index (κ1) is 11.1. The Kier molecular flexibility index (Phi) is 2.92. The van der Waals surface area contributed by atoms with Crippen molar-refractivity contribution in [3.63, 3.8) is 0 Å². The first-order chi connectivity index (χ1) is 7.59. The van der Waals surface area contributed by atoms with E-state index in [1.54, 1.807) is 12.1 Å². The molecule has 0 amide bonds. The van der Waals surface area contributed by atoms with Gasteiger partial charge in [-0.2, -0.15) is 0 Å². The number of aromatic carboxylic acids is 1. The highest BCUT2D eigenvalue weighted by Gasteiger charge is 2.34. The summed E-state index contributed by atoms with van der Waals surface area (Å²) in [7, 11) is 0. The average Bonchev–Trinajstić information content (AvgIpc) is 2.65. The van der Waals surface area contributed by atoms with Gasteiger partial charge in [-0.3, -0.25) is 0 Å². The zero-order valence-corrected chi connectivity index (χ0v) is 8.78. The monoisotopic (exact) mass is 224 g/mol. The van der Waals surface area contributed by atoms with Gasteiger partial charge in [-0.05, 0) is 17.7 Å². The number of hydrogen-bond donors (Lipinski definition) is 1. The Morgan fingerprint density at radius 1 is 1.56 bits per heavy atom. The molecule has 0 aliphatic carbocycles. The van der Waals surface area contributed by atoms with Crippen molar-refractivity contribution in [1.29, 1.82) is 0 Å². The van der Waals surface area contributed by atoms with Crippen LogP contribution in [0.4, 0.5) is 4.39 Å². The minimum absolute atomic E-state index is 0.101. The highest BCUT2D eigenvalue weighted by atomic mass is 19.1. The second-order valence-electron chi connectivity index (χ2n) is 4.14. The molecule has 0 radical (unpaired) electrons. The number of carboxylic acid groups (broad SMARTS) is 1. The summed E-state index contributed by atoms with van der Waals surface area (Å²) in [5.41, 5.74) is -0.440. The summed E-state index contributed by atoms with van der Waals surface area (Å²) in [5, 5.41) is 8.82. The van der Waals surface area contributed by atoms with Crippen LogP contribution in [-0.2, 0) is 11.2 Å². The van der Waals surface area contributed by atoms with Crippen LogP contribution in [0.3, 0.4) is 0 Å². The summed E-state index contributed by atoms with van der Waals surface area (Å²) in [6.07, 6.45) is 0.596. The van der Waals surface area contributed by atoms with Crippen molar-refractivity contribution in [3.05, 3.63) is 35.4 Å². The molecule has 1 heterocycles. The fraction of sp³-hybridized carbons (Fsp3) is 0.417. The van der Waals surface area contributed by atoms with E-state index in [4.69, 9.17) is 9.84 Å². The molecule has 1 atom stereocenters. The van der Waals surface area contributed by atoms with Crippen LogP contribution in [-0.4, -0.2) is 30.0 Å². The maximum absolute atomic E-state index is 14.1. The smallest absolute Gasteiger partial charge is 0.335 e. The van der Waals surface area contributed by atoms with Crippen molar-refractivity contribution in [3.8, 4) is 0 Å². The van der Waals surface area contributed by atoms with Crippen LogP contribution in [0.1, 0.15) is 22.3 Å². The summed E-state index contributed by atoms with van der Waals surface area (Å²) >= 11 is 0. The normalized spacial score (nSPS) is 24.6. The average molecular weight is 224 g/mol. The molecule has 3 nitrogen and oxygen atoms in total. The molecule has 1 fully saturated rings. The third-order valence-corrected chi connectivity index (χ3v) is 2.75. The fourth-order valence-electron chi connectivity index (χ4n) is 1.90. The second-order valence-corrected chi connectivity index (χ2v) is 4.14. The molecule has 0 bridgehead atoms. The van der Waals surface area contributed by atoms with E-state index in [1.807, 2.05) is 0 Å². The van der Waals surface area contributed by atoms with Crippen molar-refractivity contribution < 1.29 is 19.0 Å². The molecular weight excluding hydrogens is 211 g/mol. The lowest BCUT2D eigenvalue weighted by Crippen LogP contribution is -2.26. The van der Waals surface area contributed by atoms with Crippen molar-refractivity contribution >= 4 is 5.97 Å². The molecule has 2 rings (SSSR count). The number of benzene rings is 1. The first-order valence-electron chi connectivity index (χ1n) is 5.18. The van der Waals surface area contributed by atoms with Crippen LogP contribution in [0.25, 0.3) is 0 Å². The van der Waals surface area contributed by atoms with Gasteiger partial charge >= 0.3 is 5.97 Å². The first-order valence-corrected chi connectivity index (χ1v) is 5.18. The number of alkyl halides is 1. The number of hydrogen-bond acceptors (Lipinski definition) is 2. The number of halogens is 1. The summed E-state index contributed by atoms with van der Waals surface area (Å²) in [4.78, 5) is 10.8. The van der Waals surface area contributed by atoms with Crippen molar-refractivity contribution in [2.24, 2.45) is 0 Å². The maximum Gasteiger partial charge on any atom is 0.335 e. The van der Waals surface area contributed by atoms with Crippen LogP contribution in [0.5, 0.6) is 0 Å². The molecule has 0 aromatic heterocycles.